The number of nitrogens with zero attached hydrogens (tertiary/aromatic N) is 3. The summed E-state index contributed by atoms with van der Waals surface area (Å²) in [4.78, 5) is 33.2. The van der Waals surface area contributed by atoms with Crippen LogP contribution in [0, 0.1) is 0 Å². The molecule has 0 radical (unpaired) electrons. The highest BCUT2D eigenvalue weighted by molar-refractivity contribution is 7.17. The van der Waals surface area contributed by atoms with Gasteiger partial charge < -0.3 is 15.2 Å². The molecule has 160 valence electrons. The second-order valence-corrected chi connectivity index (χ2v) is 8.93. The molecular weight excluding hydrogens is 444 g/mol. The Morgan fingerprint density at radius 2 is 1.78 bits per heavy atom. The summed E-state index contributed by atoms with van der Waals surface area (Å²) in [6.07, 6.45) is 1.73. The Kier molecular flexibility index (Phi) is 5.28. The molecule has 6 nitrogen and oxygen atoms in total. The Hall–Kier alpha value is -3.42. The first kappa shape index (κ1) is 20.5. The van der Waals surface area contributed by atoms with Crippen LogP contribution in [0.4, 0.5) is 0 Å². The Morgan fingerprint density at radius 3 is 2.50 bits per heavy atom. The molecule has 0 spiro atoms. The summed E-state index contributed by atoms with van der Waals surface area (Å²) in [6, 6.07) is 19.1. The van der Waals surface area contributed by atoms with E-state index in [2.05, 4.69) is 4.98 Å². The summed E-state index contributed by atoms with van der Waals surface area (Å²) in [5.41, 5.74) is 9.14. The van der Waals surface area contributed by atoms with Gasteiger partial charge in [0, 0.05) is 19.3 Å². The number of nitrogens with two attached hydrogens (primary N) is 1. The lowest BCUT2D eigenvalue weighted by molar-refractivity contribution is 0.0713. The van der Waals surface area contributed by atoms with E-state index in [1.807, 2.05) is 65.2 Å². The van der Waals surface area contributed by atoms with Gasteiger partial charge in [-0.15, -0.1) is 11.3 Å². The van der Waals surface area contributed by atoms with E-state index in [1.54, 1.807) is 11.1 Å². The minimum absolute atomic E-state index is 0.0857. The highest BCUT2D eigenvalue weighted by Crippen LogP contribution is 2.38. The van der Waals surface area contributed by atoms with Crippen LogP contribution in [0.5, 0.6) is 0 Å². The molecule has 1 aromatic carbocycles. The zero-order valence-corrected chi connectivity index (χ0v) is 18.6. The molecule has 0 atom stereocenters. The number of primary amides is 1. The molecular formula is C24H19ClN4O2S. The topological polar surface area (TPSA) is 81.2 Å². The lowest BCUT2D eigenvalue weighted by atomic mass is 10.1. The van der Waals surface area contributed by atoms with Gasteiger partial charge in [0.05, 0.1) is 44.0 Å². The van der Waals surface area contributed by atoms with Gasteiger partial charge >= 0.3 is 0 Å². The molecule has 0 fully saturated rings. The van der Waals surface area contributed by atoms with Crippen LogP contribution < -0.4 is 5.73 Å². The first-order valence-corrected chi connectivity index (χ1v) is 11.3. The zero-order valence-electron chi connectivity index (χ0n) is 17.0. The van der Waals surface area contributed by atoms with Crippen LogP contribution in [0.3, 0.4) is 0 Å². The maximum absolute atomic E-state index is 13.3. The molecule has 32 heavy (non-hydrogen) atoms. The number of pyridine rings is 1. The van der Waals surface area contributed by atoms with E-state index in [-0.39, 0.29) is 18.0 Å². The maximum Gasteiger partial charge on any atom is 0.264 e. The van der Waals surface area contributed by atoms with Crippen LogP contribution >= 0.6 is 22.9 Å². The maximum atomic E-state index is 13.3. The van der Waals surface area contributed by atoms with Gasteiger partial charge in [-0.05, 0) is 29.8 Å². The number of hydrogen-bond acceptors (Lipinski definition) is 4. The molecule has 0 unspecified atom stereocenters. The summed E-state index contributed by atoms with van der Waals surface area (Å²) >= 11 is 8.04. The van der Waals surface area contributed by atoms with Crippen molar-refractivity contribution >= 4 is 34.8 Å². The van der Waals surface area contributed by atoms with E-state index in [9.17, 15) is 9.59 Å². The van der Waals surface area contributed by atoms with Gasteiger partial charge in [-0.2, -0.15) is 0 Å². The summed E-state index contributed by atoms with van der Waals surface area (Å²) in [5, 5.41) is 0.335. The number of benzene rings is 1. The first-order chi connectivity index (χ1) is 15.5. The van der Waals surface area contributed by atoms with E-state index in [0.29, 0.717) is 28.7 Å². The molecule has 2 amide bonds. The van der Waals surface area contributed by atoms with E-state index in [0.717, 1.165) is 21.8 Å². The lowest BCUT2D eigenvalue weighted by Gasteiger charge is -2.29. The molecule has 4 aromatic rings. The number of carbonyl (C=O) groups excluding carboxylic acids is 2. The van der Waals surface area contributed by atoms with Crippen LogP contribution in [-0.4, -0.2) is 32.8 Å². The average molecular weight is 463 g/mol. The fourth-order valence-corrected chi connectivity index (χ4v) is 5.45. The third-order valence-electron chi connectivity index (χ3n) is 5.56. The van der Waals surface area contributed by atoms with Gasteiger partial charge in [-0.1, -0.05) is 48.0 Å². The van der Waals surface area contributed by atoms with Crippen molar-refractivity contribution in [2.75, 3.05) is 6.54 Å². The van der Waals surface area contributed by atoms with Crippen molar-refractivity contribution in [3.63, 3.8) is 0 Å². The molecule has 2 N–H and O–H groups in total. The van der Waals surface area contributed by atoms with Crippen LogP contribution in [0.25, 0.3) is 21.8 Å². The van der Waals surface area contributed by atoms with Crippen molar-refractivity contribution in [1.82, 2.24) is 14.5 Å². The highest BCUT2D eigenvalue weighted by atomic mass is 35.5. The van der Waals surface area contributed by atoms with E-state index >= 15 is 0 Å². The Bertz CT molecular complexity index is 1310. The molecule has 0 bridgehead atoms. The second kappa shape index (κ2) is 8.26. The summed E-state index contributed by atoms with van der Waals surface area (Å²) in [7, 11) is 0. The van der Waals surface area contributed by atoms with Crippen molar-refractivity contribution in [1.29, 1.82) is 0 Å². The van der Waals surface area contributed by atoms with E-state index in [1.165, 1.54) is 11.3 Å². The molecule has 1 aliphatic rings. The predicted molar refractivity (Wildman–Crippen MR) is 126 cm³/mol. The molecule has 0 aliphatic carbocycles. The van der Waals surface area contributed by atoms with E-state index in [4.69, 9.17) is 17.3 Å². The SMILES string of the molecule is NC(=O)c1c(Cl)c(-c2ccccc2)n2c1CN(C(=O)c1ccc(-c3ccccn3)s1)CC2. The number of halogens is 1. The zero-order chi connectivity index (χ0) is 22.2. The smallest absolute Gasteiger partial charge is 0.264 e. The number of aromatic nitrogens is 2. The molecule has 0 saturated heterocycles. The fraction of sp³-hybridized carbons (Fsp3) is 0.125. The van der Waals surface area contributed by atoms with Gasteiger partial charge in [-0.25, -0.2) is 0 Å². The van der Waals surface area contributed by atoms with Gasteiger partial charge in [0.1, 0.15) is 0 Å². The minimum atomic E-state index is -0.594. The monoisotopic (exact) mass is 462 g/mol. The molecule has 1 aliphatic heterocycles. The van der Waals surface area contributed by atoms with Crippen molar-refractivity contribution in [2.24, 2.45) is 5.73 Å². The van der Waals surface area contributed by atoms with Crippen molar-refractivity contribution < 1.29 is 9.59 Å². The number of rotatable bonds is 4. The Balaban J connectivity index is 1.48. The van der Waals surface area contributed by atoms with E-state index < -0.39 is 5.91 Å². The normalized spacial score (nSPS) is 13.1. The van der Waals surface area contributed by atoms with Crippen LogP contribution in [0.1, 0.15) is 25.7 Å². The molecule has 4 heterocycles. The molecule has 0 saturated carbocycles. The molecule has 8 heteroatoms. The third-order valence-corrected chi connectivity index (χ3v) is 7.02. The van der Waals surface area contributed by atoms with Gasteiger partial charge in [-0.3, -0.25) is 14.6 Å². The predicted octanol–water partition coefficient (Wildman–Crippen LogP) is 4.69. The van der Waals surface area contributed by atoms with Crippen molar-refractivity contribution in [3.8, 4) is 21.8 Å². The minimum Gasteiger partial charge on any atom is -0.365 e. The quantitative estimate of drug-likeness (QED) is 0.477. The number of hydrogen-bond donors (Lipinski definition) is 1. The van der Waals surface area contributed by atoms with Crippen LogP contribution in [0.15, 0.2) is 66.9 Å². The van der Waals surface area contributed by atoms with Crippen LogP contribution in [-0.2, 0) is 13.1 Å². The Labute approximate surface area is 193 Å². The number of carbonyl (C=O) groups is 2. The second-order valence-electron chi connectivity index (χ2n) is 7.47. The largest absolute Gasteiger partial charge is 0.365 e. The molecule has 5 rings (SSSR count). The van der Waals surface area contributed by atoms with Crippen molar-refractivity contribution in [3.05, 3.63) is 88.0 Å². The van der Waals surface area contributed by atoms with Crippen molar-refractivity contribution in [2.45, 2.75) is 13.1 Å². The Morgan fingerprint density at radius 1 is 1.00 bits per heavy atom. The van der Waals surface area contributed by atoms with Gasteiger partial charge in [0.25, 0.3) is 11.8 Å². The number of thiophene rings is 1. The number of amides is 2. The number of fused-ring (bicyclic) bond motifs is 1. The first-order valence-electron chi connectivity index (χ1n) is 10.1. The molecule has 3 aromatic heterocycles. The van der Waals surface area contributed by atoms with Gasteiger partial charge in [0.15, 0.2) is 0 Å². The highest BCUT2D eigenvalue weighted by Gasteiger charge is 2.32. The van der Waals surface area contributed by atoms with Gasteiger partial charge in [0.2, 0.25) is 0 Å². The summed E-state index contributed by atoms with van der Waals surface area (Å²) in [5.74, 6) is -0.679. The third kappa shape index (κ3) is 3.49. The summed E-state index contributed by atoms with van der Waals surface area (Å²) in [6.45, 7) is 1.29. The lowest BCUT2D eigenvalue weighted by Crippen LogP contribution is -2.38. The van der Waals surface area contributed by atoms with Crippen LogP contribution in [0.2, 0.25) is 5.02 Å². The fourth-order valence-electron chi connectivity index (χ4n) is 4.08. The standard InChI is InChI=1S/C24H19ClN4O2S/c25-21-20(23(26)30)17-14-28(12-13-29(17)22(21)15-6-2-1-3-7-15)24(31)19-10-9-18(32-19)16-8-4-5-11-27-16/h1-11H,12-14H2,(H2,26,30). The average Bonchev–Trinajstić information content (AvgIpc) is 3.42. The summed E-state index contributed by atoms with van der Waals surface area (Å²) < 4.78 is 2.01.